The molecule has 6 heteroatoms. The van der Waals surface area contributed by atoms with Gasteiger partial charge in [-0.25, -0.2) is 0 Å². The largest absolute Gasteiger partial charge is 0.417 e. The molecule has 0 atom stereocenters. The maximum atomic E-state index is 13.5. The van der Waals surface area contributed by atoms with Gasteiger partial charge in [0.1, 0.15) is 0 Å². The van der Waals surface area contributed by atoms with E-state index < -0.39 is 23.5 Å². The summed E-state index contributed by atoms with van der Waals surface area (Å²) in [7, 11) is 0. The first-order chi connectivity index (χ1) is 14.1. The van der Waals surface area contributed by atoms with Gasteiger partial charge in [-0.15, -0.1) is 0 Å². The van der Waals surface area contributed by atoms with E-state index in [2.05, 4.69) is 0 Å². The number of alkyl halides is 6. The fourth-order valence-electron chi connectivity index (χ4n) is 2.91. The fraction of sp³-hybridized carbons (Fsp3) is 0.0833. The molecule has 0 saturated heterocycles. The second kappa shape index (κ2) is 8.61. The summed E-state index contributed by atoms with van der Waals surface area (Å²) in [6.45, 7) is 0. The maximum absolute atomic E-state index is 13.5. The van der Waals surface area contributed by atoms with Crippen molar-refractivity contribution in [1.82, 2.24) is 0 Å². The fourth-order valence-corrected chi connectivity index (χ4v) is 2.91. The first kappa shape index (κ1) is 21.4. The van der Waals surface area contributed by atoms with Gasteiger partial charge >= 0.3 is 12.4 Å². The zero-order valence-electron chi connectivity index (χ0n) is 15.5. The van der Waals surface area contributed by atoms with Crippen LogP contribution >= 0.6 is 0 Å². The lowest BCUT2D eigenvalue weighted by molar-refractivity contribution is -0.0692. The number of hydrogen-bond acceptors (Lipinski definition) is 0. The van der Waals surface area contributed by atoms with Gasteiger partial charge in [0.15, 0.2) is 0 Å². The molecule has 3 aromatic carbocycles. The quantitative estimate of drug-likeness (QED) is 0.298. The number of allylic oxidation sites excluding steroid dienone is 2. The van der Waals surface area contributed by atoms with Crippen molar-refractivity contribution >= 4 is 23.3 Å². The molecule has 154 valence electrons. The Bertz CT molecular complexity index is 939. The van der Waals surface area contributed by atoms with Crippen LogP contribution in [0.3, 0.4) is 0 Å². The third-order valence-electron chi connectivity index (χ3n) is 4.34. The predicted molar refractivity (Wildman–Crippen MR) is 107 cm³/mol. The summed E-state index contributed by atoms with van der Waals surface area (Å²) in [4.78, 5) is 0. The standard InChI is InChI=1S/C24H16F6/c25-23(26,27)21(19-7-3-1-4-8-19)15-17-11-13-18(14-12-17)16-22(24(28,29)30)20-9-5-2-6-10-20/h1-16H/b21-15-,22-16-. The minimum absolute atomic E-state index is 0.0115. The van der Waals surface area contributed by atoms with Crippen molar-refractivity contribution in [3.05, 3.63) is 107 Å². The number of rotatable bonds is 4. The number of benzene rings is 3. The monoisotopic (exact) mass is 418 g/mol. The first-order valence-electron chi connectivity index (χ1n) is 8.93. The molecule has 0 aliphatic heterocycles. The molecular weight excluding hydrogens is 402 g/mol. The van der Waals surface area contributed by atoms with E-state index in [0.29, 0.717) is 0 Å². The Labute approximate surface area is 169 Å². The van der Waals surface area contributed by atoms with E-state index in [1.54, 1.807) is 12.1 Å². The van der Waals surface area contributed by atoms with Crippen LogP contribution in [0, 0.1) is 0 Å². The van der Waals surface area contributed by atoms with Gasteiger partial charge in [0.2, 0.25) is 0 Å². The summed E-state index contributed by atoms with van der Waals surface area (Å²) in [6.07, 6.45) is -7.19. The molecule has 0 nitrogen and oxygen atoms in total. The SMILES string of the molecule is FC(F)(F)/C(=C\c1ccc(/C=C(/c2ccccc2)C(F)(F)F)cc1)c1ccccc1. The van der Waals surface area contributed by atoms with Crippen molar-refractivity contribution in [3.63, 3.8) is 0 Å². The van der Waals surface area contributed by atoms with Crippen molar-refractivity contribution in [2.24, 2.45) is 0 Å². The lowest BCUT2D eigenvalue weighted by Crippen LogP contribution is -2.10. The number of halogens is 6. The highest BCUT2D eigenvalue weighted by atomic mass is 19.4. The van der Waals surface area contributed by atoms with Gasteiger partial charge in [0.05, 0.1) is 11.1 Å². The lowest BCUT2D eigenvalue weighted by atomic mass is 10.00. The summed E-state index contributed by atoms with van der Waals surface area (Å²) in [5.74, 6) is 0. The third-order valence-corrected chi connectivity index (χ3v) is 4.34. The molecule has 0 N–H and O–H groups in total. The third kappa shape index (κ3) is 5.41. The normalized spacial score (nSPS) is 13.4. The van der Waals surface area contributed by atoms with Crippen LogP contribution < -0.4 is 0 Å². The summed E-state index contributed by atoms with van der Waals surface area (Å²) in [6, 6.07) is 20.1. The van der Waals surface area contributed by atoms with Crippen molar-refractivity contribution in [1.29, 1.82) is 0 Å². The minimum atomic E-state index is -4.57. The Balaban J connectivity index is 1.97. The highest BCUT2D eigenvalue weighted by Gasteiger charge is 2.35. The predicted octanol–water partition coefficient (Wildman–Crippen LogP) is 7.89. The van der Waals surface area contributed by atoms with E-state index >= 15 is 0 Å². The highest BCUT2D eigenvalue weighted by molar-refractivity contribution is 5.86. The Morgan fingerprint density at radius 1 is 0.467 bits per heavy atom. The molecular formula is C24H16F6. The van der Waals surface area contributed by atoms with Crippen molar-refractivity contribution in [2.45, 2.75) is 12.4 Å². The lowest BCUT2D eigenvalue weighted by Gasteiger charge is -2.13. The molecule has 0 unspecified atom stereocenters. The molecule has 0 spiro atoms. The van der Waals surface area contributed by atoms with Crippen LogP contribution in [-0.4, -0.2) is 12.4 Å². The zero-order chi connectivity index (χ0) is 21.8. The van der Waals surface area contributed by atoms with Crippen LogP contribution in [0.4, 0.5) is 26.3 Å². The molecule has 3 aromatic rings. The van der Waals surface area contributed by atoms with Gasteiger partial charge in [0, 0.05) is 0 Å². The minimum Gasteiger partial charge on any atom is -0.166 e. The Morgan fingerprint density at radius 2 is 0.767 bits per heavy atom. The van der Waals surface area contributed by atoms with Gasteiger partial charge in [0.25, 0.3) is 0 Å². The average Bonchev–Trinajstić information content (AvgIpc) is 2.71. The summed E-state index contributed by atoms with van der Waals surface area (Å²) in [5.41, 5.74) is -1.17. The van der Waals surface area contributed by atoms with Gasteiger partial charge in [-0.05, 0) is 34.4 Å². The molecule has 0 amide bonds. The Hall–Kier alpha value is -3.28. The summed E-state index contributed by atoms with van der Waals surface area (Å²) in [5, 5.41) is 0. The van der Waals surface area contributed by atoms with Crippen molar-refractivity contribution < 1.29 is 26.3 Å². The topological polar surface area (TPSA) is 0 Å². The molecule has 0 fully saturated rings. The van der Waals surface area contributed by atoms with Crippen LogP contribution in [-0.2, 0) is 0 Å². The van der Waals surface area contributed by atoms with Crippen LogP contribution in [0.2, 0.25) is 0 Å². The number of hydrogen-bond donors (Lipinski definition) is 0. The second-order valence-corrected chi connectivity index (χ2v) is 6.51. The Morgan fingerprint density at radius 3 is 1.03 bits per heavy atom. The van der Waals surface area contributed by atoms with E-state index in [-0.39, 0.29) is 22.3 Å². The van der Waals surface area contributed by atoms with E-state index in [1.807, 2.05) is 0 Å². The van der Waals surface area contributed by atoms with Gasteiger partial charge in [-0.2, -0.15) is 26.3 Å². The van der Waals surface area contributed by atoms with E-state index in [0.717, 1.165) is 12.2 Å². The molecule has 0 bridgehead atoms. The molecule has 0 aliphatic rings. The molecule has 0 saturated carbocycles. The molecule has 0 heterocycles. The first-order valence-corrected chi connectivity index (χ1v) is 8.93. The smallest absolute Gasteiger partial charge is 0.166 e. The van der Waals surface area contributed by atoms with Gasteiger partial charge in [-0.3, -0.25) is 0 Å². The van der Waals surface area contributed by atoms with E-state index in [4.69, 9.17) is 0 Å². The van der Waals surface area contributed by atoms with Gasteiger partial charge in [-0.1, -0.05) is 84.9 Å². The second-order valence-electron chi connectivity index (χ2n) is 6.51. The molecule has 0 aliphatic carbocycles. The molecule has 30 heavy (non-hydrogen) atoms. The van der Waals surface area contributed by atoms with Crippen LogP contribution in [0.15, 0.2) is 84.9 Å². The molecule has 0 radical (unpaired) electrons. The van der Waals surface area contributed by atoms with E-state index in [9.17, 15) is 26.3 Å². The highest BCUT2D eigenvalue weighted by Crippen LogP contribution is 2.37. The van der Waals surface area contributed by atoms with Gasteiger partial charge < -0.3 is 0 Å². The Kier molecular flexibility index (Phi) is 6.15. The zero-order valence-corrected chi connectivity index (χ0v) is 15.5. The summed E-state index contributed by atoms with van der Waals surface area (Å²) < 4.78 is 80.8. The van der Waals surface area contributed by atoms with Crippen LogP contribution in [0.5, 0.6) is 0 Å². The van der Waals surface area contributed by atoms with E-state index in [1.165, 1.54) is 72.8 Å². The van der Waals surface area contributed by atoms with Crippen molar-refractivity contribution in [3.8, 4) is 0 Å². The molecule has 3 rings (SSSR count). The molecule has 0 aromatic heterocycles. The van der Waals surface area contributed by atoms with Crippen molar-refractivity contribution in [2.75, 3.05) is 0 Å². The van der Waals surface area contributed by atoms with Crippen LogP contribution in [0.1, 0.15) is 22.3 Å². The average molecular weight is 418 g/mol. The van der Waals surface area contributed by atoms with Crippen LogP contribution in [0.25, 0.3) is 23.3 Å². The summed E-state index contributed by atoms with van der Waals surface area (Å²) >= 11 is 0. The maximum Gasteiger partial charge on any atom is 0.417 e.